The lowest BCUT2D eigenvalue weighted by atomic mass is 10.2. The lowest BCUT2D eigenvalue weighted by Gasteiger charge is -2.18. The summed E-state index contributed by atoms with van der Waals surface area (Å²) in [7, 11) is 1.78. The summed E-state index contributed by atoms with van der Waals surface area (Å²) in [5, 5.41) is 7.03. The summed E-state index contributed by atoms with van der Waals surface area (Å²) in [4.78, 5) is 18.2. The zero-order chi connectivity index (χ0) is 16.8. The predicted octanol–water partition coefficient (Wildman–Crippen LogP) is 2.61. The van der Waals surface area contributed by atoms with Crippen LogP contribution in [0.2, 0.25) is 0 Å². The van der Waals surface area contributed by atoms with Gasteiger partial charge in [0.1, 0.15) is 0 Å². The van der Waals surface area contributed by atoms with Gasteiger partial charge < -0.3 is 10.2 Å². The molecule has 3 rings (SSSR count). The van der Waals surface area contributed by atoms with Crippen molar-refractivity contribution in [3.05, 3.63) is 78.2 Å². The van der Waals surface area contributed by atoms with E-state index in [1.54, 1.807) is 29.0 Å². The standard InChI is InChI=1S/C18H19N5O/c1-22(14-15-6-3-2-4-7-15)18(24)20-13-16-8-9-17(19-12-16)23-11-5-10-21-23/h2-12H,13-14H2,1H3,(H,20,24). The molecule has 0 fully saturated rings. The predicted molar refractivity (Wildman–Crippen MR) is 91.5 cm³/mol. The quantitative estimate of drug-likeness (QED) is 0.786. The van der Waals surface area contributed by atoms with Crippen LogP contribution in [0.1, 0.15) is 11.1 Å². The first-order valence-electron chi connectivity index (χ1n) is 7.70. The molecule has 0 atom stereocenters. The van der Waals surface area contributed by atoms with Crippen molar-refractivity contribution in [3.63, 3.8) is 0 Å². The molecule has 0 bridgehead atoms. The van der Waals surface area contributed by atoms with Crippen LogP contribution in [0.4, 0.5) is 4.79 Å². The van der Waals surface area contributed by atoms with E-state index >= 15 is 0 Å². The fourth-order valence-electron chi connectivity index (χ4n) is 2.30. The van der Waals surface area contributed by atoms with Gasteiger partial charge in [-0.1, -0.05) is 36.4 Å². The number of hydrogen-bond donors (Lipinski definition) is 1. The fourth-order valence-corrected chi connectivity index (χ4v) is 2.30. The van der Waals surface area contributed by atoms with E-state index in [0.717, 1.165) is 16.9 Å². The first kappa shape index (κ1) is 15.7. The Morgan fingerprint density at radius 1 is 1.12 bits per heavy atom. The van der Waals surface area contributed by atoms with Gasteiger partial charge in [-0.3, -0.25) is 0 Å². The van der Waals surface area contributed by atoms with Crippen molar-refractivity contribution in [2.24, 2.45) is 0 Å². The number of urea groups is 1. The Morgan fingerprint density at radius 2 is 1.96 bits per heavy atom. The molecule has 0 saturated heterocycles. The van der Waals surface area contributed by atoms with E-state index in [0.29, 0.717) is 13.1 Å². The smallest absolute Gasteiger partial charge is 0.317 e. The summed E-state index contributed by atoms with van der Waals surface area (Å²) in [6.07, 6.45) is 5.29. The molecule has 122 valence electrons. The lowest BCUT2D eigenvalue weighted by Crippen LogP contribution is -2.36. The van der Waals surface area contributed by atoms with Crippen molar-refractivity contribution in [1.29, 1.82) is 0 Å². The summed E-state index contributed by atoms with van der Waals surface area (Å²) < 4.78 is 1.69. The lowest BCUT2D eigenvalue weighted by molar-refractivity contribution is 0.206. The van der Waals surface area contributed by atoms with Gasteiger partial charge in [-0.05, 0) is 23.3 Å². The molecular formula is C18H19N5O. The fraction of sp³-hybridized carbons (Fsp3) is 0.167. The van der Waals surface area contributed by atoms with Crippen molar-refractivity contribution in [2.75, 3.05) is 7.05 Å². The van der Waals surface area contributed by atoms with Gasteiger partial charge in [0.2, 0.25) is 0 Å². The van der Waals surface area contributed by atoms with Crippen molar-refractivity contribution >= 4 is 6.03 Å². The number of aromatic nitrogens is 3. The molecule has 6 nitrogen and oxygen atoms in total. The van der Waals surface area contributed by atoms with Crippen molar-refractivity contribution < 1.29 is 4.79 Å². The van der Waals surface area contributed by atoms with Crippen LogP contribution < -0.4 is 5.32 Å². The maximum atomic E-state index is 12.2. The van der Waals surface area contributed by atoms with Gasteiger partial charge >= 0.3 is 6.03 Å². The Bertz CT molecular complexity index is 769. The monoisotopic (exact) mass is 321 g/mol. The van der Waals surface area contributed by atoms with Gasteiger partial charge in [0.25, 0.3) is 0 Å². The van der Waals surface area contributed by atoms with Crippen molar-refractivity contribution in [3.8, 4) is 5.82 Å². The summed E-state index contributed by atoms with van der Waals surface area (Å²) in [6.45, 7) is 1.01. The van der Waals surface area contributed by atoms with Gasteiger partial charge in [0.05, 0.1) is 0 Å². The molecule has 0 radical (unpaired) electrons. The Morgan fingerprint density at radius 3 is 2.62 bits per heavy atom. The molecule has 6 heteroatoms. The van der Waals surface area contributed by atoms with E-state index in [9.17, 15) is 4.79 Å². The van der Waals surface area contributed by atoms with Crippen LogP contribution in [-0.2, 0) is 13.1 Å². The third kappa shape index (κ3) is 3.98. The average Bonchev–Trinajstić information content (AvgIpc) is 3.15. The molecule has 0 saturated carbocycles. The maximum Gasteiger partial charge on any atom is 0.317 e. The Kier molecular flexibility index (Phi) is 4.86. The molecule has 0 spiro atoms. The molecule has 3 aromatic rings. The zero-order valence-corrected chi connectivity index (χ0v) is 13.5. The van der Waals surface area contributed by atoms with E-state index in [4.69, 9.17) is 0 Å². The maximum absolute atomic E-state index is 12.2. The third-order valence-corrected chi connectivity index (χ3v) is 3.60. The van der Waals surface area contributed by atoms with Crippen LogP contribution in [0.25, 0.3) is 5.82 Å². The number of amides is 2. The van der Waals surface area contributed by atoms with Gasteiger partial charge in [-0.2, -0.15) is 5.10 Å². The summed E-state index contributed by atoms with van der Waals surface area (Å²) in [5.74, 6) is 0.747. The molecule has 2 heterocycles. The van der Waals surface area contributed by atoms with Gasteiger partial charge in [0.15, 0.2) is 5.82 Å². The molecule has 1 aromatic carbocycles. The van der Waals surface area contributed by atoms with Gasteiger partial charge in [-0.15, -0.1) is 0 Å². The second-order valence-corrected chi connectivity index (χ2v) is 5.48. The van der Waals surface area contributed by atoms with Crippen LogP contribution in [-0.4, -0.2) is 32.7 Å². The highest BCUT2D eigenvalue weighted by atomic mass is 16.2. The van der Waals surface area contributed by atoms with E-state index in [-0.39, 0.29) is 6.03 Å². The number of benzene rings is 1. The van der Waals surface area contributed by atoms with E-state index in [1.165, 1.54) is 0 Å². The topological polar surface area (TPSA) is 63.1 Å². The highest BCUT2D eigenvalue weighted by Gasteiger charge is 2.08. The van der Waals surface area contributed by atoms with Crippen LogP contribution in [0.15, 0.2) is 67.1 Å². The number of rotatable bonds is 5. The minimum absolute atomic E-state index is 0.116. The molecule has 0 aliphatic heterocycles. The normalized spacial score (nSPS) is 10.4. The first-order valence-corrected chi connectivity index (χ1v) is 7.70. The van der Waals surface area contributed by atoms with Crippen LogP contribution in [0.5, 0.6) is 0 Å². The molecule has 2 aromatic heterocycles. The van der Waals surface area contributed by atoms with E-state index in [2.05, 4.69) is 15.4 Å². The van der Waals surface area contributed by atoms with Crippen molar-refractivity contribution in [1.82, 2.24) is 25.0 Å². The average molecular weight is 321 g/mol. The largest absolute Gasteiger partial charge is 0.334 e. The highest BCUT2D eigenvalue weighted by molar-refractivity contribution is 5.73. The number of hydrogen-bond acceptors (Lipinski definition) is 3. The molecule has 1 N–H and O–H groups in total. The van der Waals surface area contributed by atoms with E-state index in [1.807, 2.05) is 54.7 Å². The van der Waals surface area contributed by atoms with Gasteiger partial charge in [-0.25, -0.2) is 14.5 Å². The third-order valence-electron chi connectivity index (χ3n) is 3.60. The second kappa shape index (κ2) is 7.41. The number of nitrogens with one attached hydrogen (secondary N) is 1. The molecule has 24 heavy (non-hydrogen) atoms. The van der Waals surface area contributed by atoms with Crippen molar-refractivity contribution in [2.45, 2.75) is 13.1 Å². The molecule has 2 amide bonds. The minimum Gasteiger partial charge on any atom is -0.334 e. The number of carbonyl (C=O) groups is 1. The first-order chi connectivity index (χ1) is 11.7. The molecule has 0 unspecified atom stereocenters. The number of pyridine rings is 1. The van der Waals surface area contributed by atoms with Gasteiger partial charge in [0, 0.05) is 38.7 Å². The highest BCUT2D eigenvalue weighted by Crippen LogP contribution is 2.06. The Labute approximate surface area is 140 Å². The van der Waals surface area contributed by atoms with Crippen LogP contribution in [0, 0.1) is 0 Å². The SMILES string of the molecule is CN(Cc1ccccc1)C(=O)NCc1ccc(-n2cccn2)nc1. The molecule has 0 aliphatic carbocycles. The molecular weight excluding hydrogens is 302 g/mol. The van der Waals surface area contributed by atoms with E-state index < -0.39 is 0 Å². The number of nitrogens with zero attached hydrogens (tertiary/aromatic N) is 4. The Hall–Kier alpha value is -3.15. The zero-order valence-electron chi connectivity index (χ0n) is 13.5. The summed E-state index contributed by atoms with van der Waals surface area (Å²) in [5.41, 5.74) is 2.03. The van der Waals surface area contributed by atoms with Crippen LogP contribution >= 0.6 is 0 Å². The second-order valence-electron chi connectivity index (χ2n) is 5.48. The summed E-state index contributed by atoms with van der Waals surface area (Å²) in [6, 6.07) is 15.4. The Balaban J connectivity index is 1.52. The minimum atomic E-state index is -0.116. The molecule has 0 aliphatic rings. The number of carbonyl (C=O) groups excluding carboxylic acids is 1. The summed E-state index contributed by atoms with van der Waals surface area (Å²) >= 11 is 0. The van der Waals surface area contributed by atoms with Crippen LogP contribution in [0.3, 0.4) is 0 Å².